The maximum absolute atomic E-state index is 3.31. The van der Waals surface area contributed by atoms with Crippen molar-refractivity contribution >= 4 is 0 Å². The molecule has 0 unspecified atom stereocenters. The van der Waals surface area contributed by atoms with E-state index in [-0.39, 0.29) is 0 Å². The van der Waals surface area contributed by atoms with Crippen molar-refractivity contribution in [1.82, 2.24) is 15.5 Å². The van der Waals surface area contributed by atoms with Crippen LogP contribution in [0.25, 0.3) is 0 Å². The molecule has 2 N–H and O–H groups in total. The zero-order chi connectivity index (χ0) is 9.82. The minimum Gasteiger partial charge on any atom is -0.318 e. The predicted molar refractivity (Wildman–Crippen MR) is 56.7 cm³/mol. The van der Waals surface area contributed by atoms with Gasteiger partial charge in [-0.2, -0.15) is 0 Å². The van der Waals surface area contributed by atoms with Gasteiger partial charge in [0.05, 0.1) is 0 Å². The lowest BCUT2D eigenvalue weighted by Crippen LogP contribution is -2.31. The first kappa shape index (κ1) is 14.4. The maximum atomic E-state index is 3.31. The second-order valence-electron chi connectivity index (χ2n) is 2.66. The van der Waals surface area contributed by atoms with E-state index in [2.05, 4.69) is 29.6 Å². The maximum Gasteiger partial charge on any atom is 0.0101 e. The third kappa shape index (κ3) is 16.5. The van der Waals surface area contributed by atoms with Gasteiger partial charge in [-0.3, -0.25) is 0 Å². The van der Waals surface area contributed by atoms with Crippen molar-refractivity contribution in [3.05, 3.63) is 0 Å². The lowest BCUT2D eigenvalue weighted by atomic mass is 10.5. The lowest BCUT2D eigenvalue weighted by molar-refractivity contribution is 0.400. The second kappa shape index (κ2) is 13.5. The van der Waals surface area contributed by atoms with Crippen LogP contribution in [-0.2, 0) is 0 Å². The summed E-state index contributed by atoms with van der Waals surface area (Å²) in [5.74, 6) is 0. The standard InChI is InChI=1S/C7H19N3.C2H6/c1-8-4-5-9-6-7-10(2)3;1-2/h8-9H,4-7H2,1-3H3;1-2H3. The monoisotopic (exact) mass is 175 g/mol. The minimum atomic E-state index is 1.05. The van der Waals surface area contributed by atoms with Crippen LogP contribution >= 0.6 is 0 Å². The van der Waals surface area contributed by atoms with Crippen molar-refractivity contribution in [2.45, 2.75) is 13.8 Å². The summed E-state index contributed by atoms with van der Waals surface area (Å²) in [7, 11) is 6.13. The molecule has 0 saturated heterocycles. The third-order valence-corrected chi connectivity index (χ3v) is 1.29. The van der Waals surface area contributed by atoms with E-state index in [1.807, 2.05) is 20.9 Å². The van der Waals surface area contributed by atoms with Gasteiger partial charge in [0.15, 0.2) is 0 Å². The van der Waals surface area contributed by atoms with Crippen molar-refractivity contribution in [2.75, 3.05) is 47.3 Å². The molecule has 0 heterocycles. The first-order valence-corrected chi connectivity index (χ1v) is 4.77. The number of rotatable bonds is 6. The van der Waals surface area contributed by atoms with E-state index in [1.54, 1.807) is 0 Å². The van der Waals surface area contributed by atoms with E-state index in [9.17, 15) is 0 Å². The molecule has 3 nitrogen and oxygen atoms in total. The van der Waals surface area contributed by atoms with E-state index >= 15 is 0 Å². The quantitative estimate of drug-likeness (QED) is 0.572. The summed E-state index contributed by atoms with van der Waals surface area (Å²) in [5, 5.41) is 6.39. The highest BCUT2D eigenvalue weighted by molar-refractivity contribution is 4.51. The molecule has 0 aromatic rings. The Kier molecular flexibility index (Phi) is 16.2. The molecule has 0 aromatic carbocycles. The van der Waals surface area contributed by atoms with Crippen LogP contribution in [0.4, 0.5) is 0 Å². The summed E-state index contributed by atoms with van der Waals surface area (Å²) in [6.07, 6.45) is 0. The average Bonchev–Trinajstić information content (AvgIpc) is 2.07. The Bertz CT molecular complexity index is 64.8. The van der Waals surface area contributed by atoms with E-state index in [4.69, 9.17) is 0 Å². The van der Waals surface area contributed by atoms with Gasteiger partial charge in [-0.1, -0.05) is 13.8 Å². The number of hydrogen-bond donors (Lipinski definition) is 2. The molecule has 0 aromatic heterocycles. The molecule has 76 valence electrons. The highest BCUT2D eigenvalue weighted by atomic mass is 15.1. The average molecular weight is 175 g/mol. The Morgan fingerprint density at radius 2 is 1.58 bits per heavy atom. The summed E-state index contributed by atoms with van der Waals surface area (Å²) in [5.41, 5.74) is 0. The van der Waals surface area contributed by atoms with Gasteiger partial charge < -0.3 is 15.5 Å². The SMILES string of the molecule is CC.CNCCNCCN(C)C. The van der Waals surface area contributed by atoms with Crippen LogP contribution in [0.2, 0.25) is 0 Å². The third-order valence-electron chi connectivity index (χ3n) is 1.29. The van der Waals surface area contributed by atoms with Crippen LogP contribution in [0.15, 0.2) is 0 Å². The Morgan fingerprint density at radius 3 is 2.00 bits per heavy atom. The van der Waals surface area contributed by atoms with Gasteiger partial charge in [0.2, 0.25) is 0 Å². The van der Waals surface area contributed by atoms with Crippen molar-refractivity contribution in [3.8, 4) is 0 Å². The molecule has 0 spiro atoms. The van der Waals surface area contributed by atoms with E-state index < -0.39 is 0 Å². The van der Waals surface area contributed by atoms with Crippen molar-refractivity contribution in [3.63, 3.8) is 0 Å². The number of nitrogens with one attached hydrogen (secondary N) is 2. The topological polar surface area (TPSA) is 27.3 Å². The van der Waals surface area contributed by atoms with Crippen LogP contribution in [0.3, 0.4) is 0 Å². The molecule has 0 aliphatic carbocycles. The molecule has 0 bridgehead atoms. The summed E-state index contributed by atoms with van der Waals surface area (Å²) in [6, 6.07) is 0. The highest BCUT2D eigenvalue weighted by Crippen LogP contribution is 1.69. The Balaban J connectivity index is 0. The summed E-state index contributed by atoms with van der Waals surface area (Å²) in [4.78, 5) is 2.17. The molecule has 0 fully saturated rings. The molecule has 0 atom stereocenters. The van der Waals surface area contributed by atoms with Gasteiger partial charge in [0.25, 0.3) is 0 Å². The smallest absolute Gasteiger partial charge is 0.0101 e. The highest BCUT2D eigenvalue weighted by Gasteiger charge is 1.87. The summed E-state index contributed by atoms with van der Waals surface area (Å²) in [6.45, 7) is 8.30. The molecule has 0 rings (SSSR count). The van der Waals surface area contributed by atoms with E-state index in [1.165, 1.54) is 0 Å². The van der Waals surface area contributed by atoms with Crippen LogP contribution in [-0.4, -0.2) is 52.2 Å². The van der Waals surface area contributed by atoms with Gasteiger partial charge in [0.1, 0.15) is 0 Å². The number of nitrogens with zero attached hydrogens (tertiary/aromatic N) is 1. The largest absolute Gasteiger partial charge is 0.318 e. The summed E-state index contributed by atoms with van der Waals surface area (Å²) >= 11 is 0. The van der Waals surface area contributed by atoms with Crippen molar-refractivity contribution in [2.24, 2.45) is 0 Å². The summed E-state index contributed by atoms with van der Waals surface area (Å²) < 4.78 is 0. The fourth-order valence-electron chi connectivity index (χ4n) is 0.641. The van der Waals surface area contributed by atoms with Crippen LogP contribution in [0.5, 0.6) is 0 Å². The normalized spacial score (nSPS) is 9.50. The number of hydrogen-bond acceptors (Lipinski definition) is 3. The lowest BCUT2D eigenvalue weighted by Gasteiger charge is -2.09. The van der Waals surface area contributed by atoms with E-state index in [0.29, 0.717) is 0 Å². The molecule has 0 aliphatic heterocycles. The minimum absolute atomic E-state index is 1.05. The first-order valence-electron chi connectivity index (χ1n) is 4.77. The second-order valence-corrected chi connectivity index (χ2v) is 2.66. The van der Waals surface area contributed by atoms with Crippen LogP contribution < -0.4 is 10.6 Å². The molecule has 3 heteroatoms. The molecule has 0 amide bonds. The van der Waals surface area contributed by atoms with Crippen molar-refractivity contribution in [1.29, 1.82) is 0 Å². The van der Waals surface area contributed by atoms with Gasteiger partial charge in [0, 0.05) is 26.2 Å². The van der Waals surface area contributed by atoms with Gasteiger partial charge in [-0.05, 0) is 21.1 Å². The Labute approximate surface area is 77.5 Å². The zero-order valence-electron chi connectivity index (χ0n) is 9.28. The van der Waals surface area contributed by atoms with Gasteiger partial charge in [-0.15, -0.1) is 0 Å². The van der Waals surface area contributed by atoms with Crippen LogP contribution in [0, 0.1) is 0 Å². The first-order chi connectivity index (χ1) is 5.77. The van der Waals surface area contributed by atoms with E-state index in [0.717, 1.165) is 26.2 Å². The zero-order valence-corrected chi connectivity index (χ0v) is 9.28. The molecule has 12 heavy (non-hydrogen) atoms. The Hall–Kier alpha value is -0.120. The fourth-order valence-corrected chi connectivity index (χ4v) is 0.641. The van der Waals surface area contributed by atoms with Gasteiger partial charge in [-0.25, -0.2) is 0 Å². The molecule has 0 saturated carbocycles. The predicted octanol–water partition coefficient (Wildman–Crippen LogP) is 0.383. The van der Waals surface area contributed by atoms with Gasteiger partial charge >= 0.3 is 0 Å². The molecule has 0 radical (unpaired) electrons. The molecular weight excluding hydrogens is 150 g/mol. The molecular formula is C9H25N3. The Morgan fingerprint density at radius 1 is 1.00 bits per heavy atom. The molecule has 0 aliphatic rings. The fraction of sp³-hybridized carbons (Fsp3) is 1.00. The van der Waals surface area contributed by atoms with Crippen LogP contribution in [0.1, 0.15) is 13.8 Å². The van der Waals surface area contributed by atoms with Crippen molar-refractivity contribution < 1.29 is 0 Å². The number of likely N-dealkylation sites (N-methyl/N-ethyl adjacent to an activating group) is 2.